The van der Waals surface area contributed by atoms with Gasteiger partial charge in [-0.1, -0.05) is 17.3 Å². The smallest absolute Gasteiger partial charge is 0.321 e. The molecule has 128 valence electrons. The maximum absolute atomic E-state index is 12.5. The zero-order chi connectivity index (χ0) is 16.9. The molecule has 0 aliphatic carbocycles. The van der Waals surface area contributed by atoms with Gasteiger partial charge in [-0.3, -0.25) is 4.90 Å². The number of hydrogen-bond donors (Lipinski definition) is 1. The Labute approximate surface area is 155 Å². The molecule has 24 heavy (non-hydrogen) atoms. The molecule has 0 bridgehead atoms. The first-order chi connectivity index (χ1) is 11.6. The van der Waals surface area contributed by atoms with Gasteiger partial charge in [-0.05, 0) is 48.1 Å². The van der Waals surface area contributed by atoms with Crippen LogP contribution in [0.5, 0.6) is 0 Å². The van der Waals surface area contributed by atoms with Crippen LogP contribution in [0, 0.1) is 10.5 Å². The van der Waals surface area contributed by atoms with Crippen LogP contribution in [0.1, 0.15) is 17.9 Å². The van der Waals surface area contributed by atoms with Gasteiger partial charge < -0.3 is 14.7 Å². The van der Waals surface area contributed by atoms with E-state index < -0.39 is 0 Å². The van der Waals surface area contributed by atoms with E-state index in [1.807, 2.05) is 42.2 Å². The van der Waals surface area contributed by atoms with Gasteiger partial charge in [0.2, 0.25) is 0 Å². The van der Waals surface area contributed by atoms with Gasteiger partial charge in [-0.2, -0.15) is 0 Å². The monoisotopic (exact) mass is 440 g/mol. The third-order valence-corrected chi connectivity index (χ3v) is 4.99. The molecule has 1 aliphatic rings. The average Bonchev–Trinajstić information content (AvgIpc) is 2.82. The number of amides is 2. The summed E-state index contributed by atoms with van der Waals surface area (Å²) in [5.41, 5.74) is 1.81. The second-order valence-electron chi connectivity index (χ2n) is 5.96. The first kappa shape index (κ1) is 17.2. The fraction of sp³-hybridized carbons (Fsp3) is 0.412. The molecule has 1 saturated heterocycles. The minimum absolute atomic E-state index is 0.0294. The Kier molecular flexibility index (Phi) is 5.72. The normalized spacial score (nSPS) is 16.0. The highest BCUT2D eigenvalue weighted by Gasteiger charge is 2.20. The van der Waals surface area contributed by atoms with E-state index in [4.69, 9.17) is 4.52 Å². The summed E-state index contributed by atoms with van der Waals surface area (Å²) in [6, 6.07) is 9.75. The van der Waals surface area contributed by atoms with E-state index in [1.54, 1.807) is 0 Å². The molecule has 2 heterocycles. The molecule has 7 heteroatoms. The Morgan fingerprint density at radius 1 is 1.29 bits per heavy atom. The summed E-state index contributed by atoms with van der Waals surface area (Å²) in [5.74, 6) is 0.832. The summed E-state index contributed by atoms with van der Waals surface area (Å²) in [5, 5.41) is 7.06. The first-order valence-electron chi connectivity index (χ1n) is 8.07. The maximum Gasteiger partial charge on any atom is 0.321 e. The molecule has 2 amide bonds. The number of rotatable bonds is 3. The van der Waals surface area contributed by atoms with Gasteiger partial charge in [0, 0.05) is 42.4 Å². The Morgan fingerprint density at radius 2 is 2.12 bits per heavy atom. The van der Waals surface area contributed by atoms with E-state index in [2.05, 4.69) is 38.0 Å². The zero-order valence-corrected chi connectivity index (χ0v) is 15.8. The maximum atomic E-state index is 12.5. The predicted octanol–water partition coefficient (Wildman–Crippen LogP) is 3.33. The molecule has 1 aliphatic heterocycles. The molecule has 2 aromatic rings. The number of benzene rings is 1. The van der Waals surface area contributed by atoms with E-state index in [9.17, 15) is 4.79 Å². The van der Waals surface area contributed by atoms with Crippen molar-refractivity contribution in [1.82, 2.24) is 15.0 Å². The standard InChI is InChI=1S/C17H21IN4O2/c1-13-11-14(20-24-13)12-21-7-4-8-22(10-9-21)17(23)19-16-6-3-2-5-15(16)18/h2-3,5-6,11H,4,7-10,12H2,1H3,(H,19,23). The summed E-state index contributed by atoms with van der Waals surface area (Å²) in [6.07, 6.45) is 0.954. The van der Waals surface area contributed by atoms with Crippen molar-refractivity contribution in [2.45, 2.75) is 19.9 Å². The second kappa shape index (κ2) is 7.98. The lowest BCUT2D eigenvalue weighted by Gasteiger charge is -2.22. The van der Waals surface area contributed by atoms with Crippen LogP contribution in [0.25, 0.3) is 0 Å². The van der Waals surface area contributed by atoms with Gasteiger partial charge in [-0.15, -0.1) is 0 Å². The zero-order valence-electron chi connectivity index (χ0n) is 13.7. The number of para-hydroxylation sites is 1. The van der Waals surface area contributed by atoms with Gasteiger partial charge in [0.25, 0.3) is 0 Å². The van der Waals surface area contributed by atoms with E-state index in [1.165, 1.54) is 0 Å². The fourth-order valence-corrected chi connectivity index (χ4v) is 3.33. The Hall–Kier alpha value is -1.61. The molecule has 0 saturated carbocycles. The predicted molar refractivity (Wildman–Crippen MR) is 101 cm³/mol. The fourth-order valence-electron chi connectivity index (χ4n) is 2.81. The molecular weight excluding hydrogens is 419 g/mol. The van der Waals surface area contributed by atoms with Crippen LogP contribution in [0.3, 0.4) is 0 Å². The highest BCUT2D eigenvalue weighted by Crippen LogP contribution is 2.18. The lowest BCUT2D eigenvalue weighted by molar-refractivity contribution is 0.210. The van der Waals surface area contributed by atoms with Crippen LogP contribution in [-0.4, -0.2) is 47.2 Å². The van der Waals surface area contributed by atoms with Gasteiger partial charge in [0.1, 0.15) is 5.76 Å². The molecule has 0 unspecified atom stereocenters. The highest BCUT2D eigenvalue weighted by molar-refractivity contribution is 14.1. The number of nitrogens with zero attached hydrogens (tertiary/aromatic N) is 3. The van der Waals surface area contributed by atoms with Crippen molar-refractivity contribution < 1.29 is 9.32 Å². The van der Waals surface area contributed by atoms with E-state index >= 15 is 0 Å². The summed E-state index contributed by atoms with van der Waals surface area (Å²) in [7, 11) is 0. The summed E-state index contributed by atoms with van der Waals surface area (Å²) >= 11 is 2.23. The first-order valence-corrected chi connectivity index (χ1v) is 9.15. The quantitative estimate of drug-likeness (QED) is 0.745. The number of urea groups is 1. The molecule has 0 spiro atoms. The number of anilines is 1. The van der Waals surface area contributed by atoms with Gasteiger partial charge in [-0.25, -0.2) is 4.79 Å². The number of aryl methyl sites for hydroxylation is 1. The highest BCUT2D eigenvalue weighted by atomic mass is 127. The molecule has 0 atom stereocenters. The summed E-state index contributed by atoms with van der Waals surface area (Å²) in [6.45, 7) is 5.94. The number of carbonyl (C=O) groups is 1. The van der Waals surface area contributed by atoms with Gasteiger partial charge in [0.15, 0.2) is 0 Å². The van der Waals surface area contributed by atoms with E-state index in [0.717, 1.165) is 53.3 Å². The third kappa shape index (κ3) is 4.47. The molecule has 1 fully saturated rings. The van der Waals surface area contributed by atoms with Crippen LogP contribution in [0.15, 0.2) is 34.9 Å². The molecule has 3 rings (SSSR count). The van der Waals surface area contributed by atoms with Crippen molar-refractivity contribution in [2.24, 2.45) is 0 Å². The Morgan fingerprint density at radius 3 is 2.88 bits per heavy atom. The SMILES string of the molecule is Cc1cc(CN2CCCN(C(=O)Nc3ccccc3I)CC2)no1. The second-order valence-corrected chi connectivity index (χ2v) is 7.12. The minimum atomic E-state index is -0.0294. The lowest BCUT2D eigenvalue weighted by Crippen LogP contribution is -2.38. The van der Waals surface area contributed by atoms with Crippen LogP contribution < -0.4 is 5.32 Å². The number of nitrogens with one attached hydrogen (secondary N) is 1. The lowest BCUT2D eigenvalue weighted by atomic mass is 10.3. The Balaban J connectivity index is 1.55. The van der Waals surface area contributed by atoms with Crippen LogP contribution in [-0.2, 0) is 6.54 Å². The van der Waals surface area contributed by atoms with E-state index in [-0.39, 0.29) is 6.03 Å². The van der Waals surface area contributed by atoms with Crippen molar-refractivity contribution in [3.05, 3.63) is 45.4 Å². The number of hydrogen-bond acceptors (Lipinski definition) is 4. The number of aromatic nitrogens is 1. The van der Waals surface area contributed by atoms with Crippen molar-refractivity contribution in [3.8, 4) is 0 Å². The molecular formula is C17H21IN4O2. The van der Waals surface area contributed by atoms with Gasteiger partial charge in [0.05, 0.1) is 11.4 Å². The van der Waals surface area contributed by atoms with Crippen LogP contribution >= 0.6 is 22.6 Å². The molecule has 1 aromatic heterocycles. The number of carbonyl (C=O) groups excluding carboxylic acids is 1. The van der Waals surface area contributed by atoms with Crippen LogP contribution in [0.4, 0.5) is 10.5 Å². The largest absolute Gasteiger partial charge is 0.361 e. The Bertz CT molecular complexity index is 703. The minimum Gasteiger partial charge on any atom is -0.361 e. The van der Waals surface area contributed by atoms with Crippen molar-refractivity contribution in [1.29, 1.82) is 0 Å². The molecule has 1 aromatic carbocycles. The van der Waals surface area contributed by atoms with Crippen molar-refractivity contribution in [3.63, 3.8) is 0 Å². The summed E-state index contributed by atoms with van der Waals surface area (Å²) in [4.78, 5) is 16.7. The van der Waals surface area contributed by atoms with E-state index in [0.29, 0.717) is 6.54 Å². The van der Waals surface area contributed by atoms with Crippen LogP contribution in [0.2, 0.25) is 0 Å². The molecule has 1 N–H and O–H groups in total. The molecule has 0 radical (unpaired) electrons. The van der Waals surface area contributed by atoms with Gasteiger partial charge >= 0.3 is 6.03 Å². The number of halogens is 1. The third-order valence-electron chi connectivity index (χ3n) is 4.05. The molecule has 6 nitrogen and oxygen atoms in total. The van der Waals surface area contributed by atoms with Crippen molar-refractivity contribution in [2.75, 3.05) is 31.5 Å². The average molecular weight is 440 g/mol. The topological polar surface area (TPSA) is 61.6 Å². The summed E-state index contributed by atoms with van der Waals surface area (Å²) < 4.78 is 6.17. The van der Waals surface area contributed by atoms with Crippen molar-refractivity contribution >= 4 is 34.3 Å².